The Morgan fingerprint density at radius 3 is 2.90 bits per heavy atom. The molecule has 1 rings (SSSR count). The van der Waals surface area contributed by atoms with Crippen molar-refractivity contribution in [1.29, 1.82) is 0 Å². The van der Waals surface area contributed by atoms with E-state index < -0.39 is 12.2 Å². The molecule has 2 unspecified atom stereocenters. The minimum atomic E-state index is -0.952. The van der Waals surface area contributed by atoms with Crippen LogP contribution in [0, 0.1) is 0 Å². The fourth-order valence-electron chi connectivity index (χ4n) is 0.767. The van der Waals surface area contributed by atoms with E-state index in [1.165, 1.54) is 6.92 Å². The SMILES string of the molecule is CC(O)C(=O)C1COCO1. The Kier molecular flexibility index (Phi) is 2.37. The molecule has 1 heterocycles. The van der Waals surface area contributed by atoms with E-state index in [0.29, 0.717) is 0 Å². The van der Waals surface area contributed by atoms with Crippen LogP contribution in [0.5, 0.6) is 0 Å². The quantitative estimate of drug-likeness (QED) is 0.560. The van der Waals surface area contributed by atoms with Crippen LogP contribution in [0.2, 0.25) is 0 Å². The summed E-state index contributed by atoms with van der Waals surface area (Å²) in [6, 6.07) is 0. The van der Waals surface area contributed by atoms with Crippen molar-refractivity contribution in [2.75, 3.05) is 13.4 Å². The molecule has 0 aliphatic carbocycles. The minimum absolute atomic E-state index is 0.156. The molecule has 0 bridgehead atoms. The van der Waals surface area contributed by atoms with Crippen molar-refractivity contribution in [2.45, 2.75) is 19.1 Å². The Morgan fingerprint density at radius 2 is 2.50 bits per heavy atom. The van der Waals surface area contributed by atoms with E-state index in [-0.39, 0.29) is 19.2 Å². The topological polar surface area (TPSA) is 55.8 Å². The fourth-order valence-corrected chi connectivity index (χ4v) is 0.767. The molecular weight excluding hydrogens is 136 g/mol. The van der Waals surface area contributed by atoms with Gasteiger partial charge in [-0.25, -0.2) is 0 Å². The minimum Gasteiger partial charge on any atom is -0.386 e. The van der Waals surface area contributed by atoms with Gasteiger partial charge in [0.25, 0.3) is 0 Å². The molecule has 0 saturated carbocycles. The standard InChI is InChI=1S/C6H10O4/c1-4(7)6(8)5-2-9-3-10-5/h4-5,7H,2-3H2,1H3. The highest BCUT2D eigenvalue weighted by Crippen LogP contribution is 2.05. The lowest BCUT2D eigenvalue weighted by molar-refractivity contribution is -0.134. The summed E-state index contributed by atoms with van der Waals surface area (Å²) in [6.07, 6.45) is -1.51. The summed E-state index contributed by atoms with van der Waals surface area (Å²) >= 11 is 0. The van der Waals surface area contributed by atoms with Crippen molar-refractivity contribution in [3.8, 4) is 0 Å². The number of carbonyl (C=O) groups excluding carboxylic acids is 1. The smallest absolute Gasteiger partial charge is 0.192 e. The Morgan fingerprint density at radius 1 is 1.80 bits per heavy atom. The van der Waals surface area contributed by atoms with Crippen LogP contribution < -0.4 is 0 Å². The predicted molar refractivity (Wildman–Crippen MR) is 32.4 cm³/mol. The average molecular weight is 146 g/mol. The van der Waals surface area contributed by atoms with Crippen molar-refractivity contribution >= 4 is 5.78 Å². The second-order valence-electron chi connectivity index (χ2n) is 2.22. The largest absolute Gasteiger partial charge is 0.386 e. The van der Waals surface area contributed by atoms with E-state index >= 15 is 0 Å². The molecule has 1 aliphatic heterocycles. The fraction of sp³-hybridized carbons (Fsp3) is 0.833. The summed E-state index contributed by atoms with van der Waals surface area (Å²) < 4.78 is 9.62. The predicted octanol–water partition coefficient (Wildman–Crippen LogP) is -0.691. The van der Waals surface area contributed by atoms with Gasteiger partial charge in [0, 0.05) is 0 Å². The van der Waals surface area contributed by atoms with E-state index in [0.717, 1.165) is 0 Å². The number of rotatable bonds is 2. The van der Waals surface area contributed by atoms with Gasteiger partial charge >= 0.3 is 0 Å². The van der Waals surface area contributed by atoms with Gasteiger partial charge in [0.2, 0.25) is 0 Å². The summed E-state index contributed by atoms with van der Waals surface area (Å²) in [5.74, 6) is -0.308. The molecule has 4 nitrogen and oxygen atoms in total. The first kappa shape index (κ1) is 7.65. The zero-order valence-electron chi connectivity index (χ0n) is 5.74. The summed E-state index contributed by atoms with van der Waals surface area (Å²) in [5, 5.41) is 8.80. The highest BCUT2D eigenvalue weighted by atomic mass is 16.7. The van der Waals surface area contributed by atoms with Crippen LogP contribution in [0.25, 0.3) is 0 Å². The van der Waals surface area contributed by atoms with Gasteiger partial charge in [0.05, 0.1) is 6.61 Å². The van der Waals surface area contributed by atoms with Gasteiger partial charge in [-0.1, -0.05) is 0 Å². The maximum atomic E-state index is 10.9. The summed E-state index contributed by atoms with van der Waals surface area (Å²) in [4.78, 5) is 10.9. The van der Waals surface area contributed by atoms with Gasteiger partial charge in [0.15, 0.2) is 5.78 Å². The van der Waals surface area contributed by atoms with Crippen LogP contribution in [-0.4, -0.2) is 36.5 Å². The Bertz CT molecular complexity index is 126. The number of carbonyl (C=O) groups is 1. The molecule has 1 saturated heterocycles. The van der Waals surface area contributed by atoms with Crippen molar-refractivity contribution in [1.82, 2.24) is 0 Å². The number of hydrogen-bond acceptors (Lipinski definition) is 4. The third-order valence-corrected chi connectivity index (χ3v) is 1.35. The Balaban J connectivity index is 2.40. The highest BCUT2D eigenvalue weighted by Gasteiger charge is 2.27. The van der Waals surface area contributed by atoms with Crippen molar-refractivity contribution in [2.24, 2.45) is 0 Å². The third kappa shape index (κ3) is 1.53. The normalized spacial score (nSPS) is 28.4. The summed E-state index contributed by atoms with van der Waals surface area (Å²) in [5.41, 5.74) is 0. The van der Waals surface area contributed by atoms with E-state index in [1.54, 1.807) is 0 Å². The summed E-state index contributed by atoms with van der Waals surface area (Å²) in [6.45, 7) is 1.84. The Labute approximate surface area is 58.7 Å². The van der Waals surface area contributed by atoms with Crippen LogP contribution in [0.3, 0.4) is 0 Å². The van der Waals surface area contributed by atoms with Crippen LogP contribution in [-0.2, 0) is 14.3 Å². The van der Waals surface area contributed by atoms with E-state index in [1.807, 2.05) is 0 Å². The average Bonchev–Trinajstić information content (AvgIpc) is 2.36. The Hall–Kier alpha value is -0.450. The van der Waals surface area contributed by atoms with Crippen LogP contribution >= 0.6 is 0 Å². The zero-order chi connectivity index (χ0) is 7.56. The van der Waals surface area contributed by atoms with E-state index in [4.69, 9.17) is 14.6 Å². The van der Waals surface area contributed by atoms with Gasteiger partial charge in [-0.3, -0.25) is 4.79 Å². The van der Waals surface area contributed by atoms with Crippen LogP contribution in [0.1, 0.15) is 6.92 Å². The summed E-state index contributed by atoms with van der Waals surface area (Å²) in [7, 11) is 0. The number of ether oxygens (including phenoxy) is 2. The van der Waals surface area contributed by atoms with Gasteiger partial charge in [-0.2, -0.15) is 0 Å². The number of hydrogen-bond donors (Lipinski definition) is 1. The highest BCUT2D eigenvalue weighted by molar-refractivity contribution is 5.87. The molecule has 2 atom stereocenters. The molecule has 0 spiro atoms. The van der Waals surface area contributed by atoms with Gasteiger partial charge in [-0.15, -0.1) is 0 Å². The molecule has 1 fully saturated rings. The van der Waals surface area contributed by atoms with E-state index in [2.05, 4.69) is 0 Å². The molecule has 0 aromatic heterocycles. The molecular formula is C6H10O4. The molecule has 0 aromatic carbocycles. The van der Waals surface area contributed by atoms with Crippen LogP contribution in [0.15, 0.2) is 0 Å². The second kappa shape index (κ2) is 3.09. The van der Waals surface area contributed by atoms with Crippen molar-refractivity contribution in [3.63, 3.8) is 0 Å². The van der Waals surface area contributed by atoms with Crippen molar-refractivity contribution in [3.05, 3.63) is 0 Å². The molecule has 0 aromatic rings. The zero-order valence-corrected chi connectivity index (χ0v) is 5.74. The maximum absolute atomic E-state index is 10.9. The molecule has 1 aliphatic rings. The first-order chi connectivity index (χ1) is 4.72. The van der Waals surface area contributed by atoms with Gasteiger partial charge < -0.3 is 14.6 Å². The monoisotopic (exact) mass is 146 g/mol. The lowest BCUT2D eigenvalue weighted by Crippen LogP contribution is -2.31. The van der Waals surface area contributed by atoms with Crippen LogP contribution in [0.4, 0.5) is 0 Å². The first-order valence-corrected chi connectivity index (χ1v) is 3.13. The first-order valence-electron chi connectivity index (χ1n) is 3.13. The molecule has 10 heavy (non-hydrogen) atoms. The number of ketones is 1. The van der Waals surface area contributed by atoms with Gasteiger partial charge in [0.1, 0.15) is 19.0 Å². The number of aliphatic hydroxyl groups is 1. The maximum Gasteiger partial charge on any atom is 0.192 e. The second-order valence-corrected chi connectivity index (χ2v) is 2.22. The lowest BCUT2D eigenvalue weighted by Gasteiger charge is -2.07. The third-order valence-electron chi connectivity index (χ3n) is 1.35. The molecule has 0 radical (unpaired) electrons. The molecule has 58 valence electrons. The molecule has 0 amide bonds. The number of Topliss-reactive ketones (excluding diaryl/α,β-unsaturated/α-hetero) is 1. The lowest BCUT2D eigenvalue weighted by atomic mass is 10.1. The number of aliphatic hydroxyl groups excluding tert-OH is 1. The molecule has 1 N–H and O–H groups in total. The van der Waals surface area contributed by atoms with Crippen molar-refractivity contribution < 1.29 is 19.4 Å². The molecule has 4 heteroatoms. The van der Waals surface area contributed by atoms with E-state index in [9.17, 15) is 4.79 Å². The van der Waals surface area contributed by atoms with Gasteiger partial charge in [-0.05, 0) is 6.92 Å².